The maximum atomic E-state index is 4.82. The van der Waals surface area contributed by atoms with Crippen LogP contribution in [0.1, 0.15) is 34.6 Å². The van der Waals surface area contributed by atoms with E-state index in [0.29, 0.717) is 0 Å². The number of nitrogens with zero attached hydrogens (tertiary/aromatic N) is 5. The van der Waals surface area contributed by atoms with Crippen LogP contribution in [0.5, 0.6) is 0 Å². The molecular formula is C19H22N6. The Morgan fingerprint density at radius 3 is 2.64 bits per heavy atom. The number of hydrogen-bond acceptors (Lipinski definition) is 5. The van der Waals surface area contributed by atoms with Crippen LogP contribution in [0.3, 0.4) is 0 Å². The molecule has 0 radical (unpaired) electrons. The van der Waals surface area contributed by atoms with Crippen LogP contribution in [0.2, 0.25) is 0 Å². The molecule has 1 N–H and O–H groups in total. The zero-order valence-corrected chi connectivity index (χ0v) is 14.9. The molecule has 1 aliphatic rings. The van der Waals surface area contributed by atoms with Crippen molar-refractivity contribution in [2.75, 3.05) is 5.32 Å². The second kappa shape index (κ2) is 6.27. The van der Waals surface area contributed by atoms with Crippen LogP contribution in [0.25, 0.3) is 11.4 Å². The van der Waals surface area contributed by atoms with Crippen molar-refractivity contribution in [2.45, 2.75) is 39.7 Å². The van der Waals surface area contributed by atoms with Crippen LogP contribution in [-0.4, -0.2) is 24.7 Å². The zero-order valence-electron chi connectivity index (χ0n) is 14.9. The average Bonchev–Trinajstić information content (AvgIpc) is 3.19. The van der Waals surface area contributed by atoms with E-state index >= 15 is 0 Å². The van der Waals surface area contributed by atoms with Crippen molar-refractivity contribution in [1.29, 1.82) is 0 Å². The number of fused-ring (bicyclic) bond motifs is 1. The summed E-state index contributed by atoms with van der Waals surface area (Å²) >= 11 is 0. The van der Waals surface area contributed by atoms with Gasteiger partial charge in [-0.25, -0.2) is 9.97 Å². The Bertz CT molecular complexity index is 913. The van der Waals surface area contributed by atoms with E-state index in [2.05, 4.69) is 29.2 Å². The number of hydrogen-bond donors (Lipinski definition) is 1. The van der Waals surface area contributed by atoms with Crippen molar-refractivity contribution in [2.24, 2.45) is 7.05 Å². The minimum Gasteiger partial charge on any atom is -0.365 e. The predicted molar refractivity (Wildman–Crippen MR) is 97.3 cm³/mol. The first-order valence-corrected chi connectivity index (χ1v) is 8.66. The van der Waals surface area contributed by atoms with Crippen LogP contribution < -0.4 is 5.32 Å². The molecule has 0 amide bonds. The monoisotopic (exact) mass is 334 g/mol. The molecule has 6 nitrogen and oxygen atoms in total. The van der Waals surface area contributed by atoms with Gasteiger partial charge in [0.25, 0.3) is 0 Å². The highest BCUT2D eigenvalue weighted by molar-refractivity contribution is 5.60. The van der Waals surface area contributed by atoms with Crippen molar-refractivity contribution in [1.82, 2.24) is 24.7 Å². The smallest absolute Gasteiger partial charge is 0.161 e. The van der Waals surface area contributed by atoms with Crippen molar-refractivity contribution < 1.29 is 0 Å². The Kier molecular flexibility index (Phi) is 3.95. The zero-order chi connectivity index (χ0) is 17.4. The third-order valence-electron chi connectivity index (χ3n) is 4.96. The molecule has 0 aliphatic heterocycles. The molecule has 3 aromatic heterocycles. The van der Waals surface area contributed by atoms with Crippen LogP contribution in [-0.2, 0) is 26.4 Å². The van der Waals surface area contributed by atoms with Gasteiger partial charge in [0.05, 0.1) is 5.69 Å². The van der Waals surface area contributed by atoms with E-state index in [4.69, 9.17) is 9.97 Å². The van der Waals surface area contributed by atoms with E-state index in [1.807, 2.05) is 23.9 Å². The minimum atomic E-state index is 0.727. The molecule has 0 aromatic carbocycles. The summed E-state index contributed by atoms with van der Waals surface area (Å²) in [6.07, 6.45) is 6.76. The SMILES string of the molecule is Cc1nn(C)c(C)c1CNc1nc(-c2ccncc2)nc2c1CCC2. The van der Waals surface area contributed by atoms with Gasteiger partial charge in [0, 0.05) is 54.1 Å². The van der Waals surface area contributed by atoms with Gasteiger partial charge in [-0.2, -0.15) is 5.10 Å². The Hall–Kier alpha value is -2.76. The standard InChI is InChI=1S/C19H22N6/c1-12-16(13(2)25(3)24-12)11-21-19-15-5-4-6-17(15)22-18(23-19)14-7-9-20-10-8-14/h7-10H,4-6,11H2,1-3H3,(H,21,22,23). The highest BCUT2D eigenvalue weighted by Crippen LogP contribution is 2.29. The fourth-order valence-electron chi connectivity index (χ4n) is 3.45. The fraction of sp³-hybridized carbons (Fsp3) is 0.368. The van der Waals surface area contributed by atoms with Crippen molar-refractivity contribution >= 4 is 5.82 Å². The first-order valence-electron chi connectivity index (χ1n) is 8.66. The number of rotatable bonds is 4. The van der Waals surface area contributed by atoms with Crippen LogP contribution in [0.15, 0.2) is 24.5 Å². The van der Waals surface area contributed by atoms with Crippen molar-refractivity contribution in [3.8, 4) is 11.4 Å². The summed E-state index contributed by atoms with van der Waals surface area (Å²) in [6, 6.07) is 3.91. The molecule has 0 bridgehead atoms. The van der Waals surface area contributed by atoms with Gasteiger partial charge in [0.2, 0.25) is 0 Å². The van der Waals surface area contributed by atoms with Gasteiger partial charge >= 0.3 is 0 Å². The minimum absolute atomic E-state index is 0.727. The molecule has 4 rings (SSSR count). The largest absolute Gasteiger partial charge is 0.365 e. The predicted octanol–water partition coefficient (Wildman–Crippen LogP) is 2.99. The van der Waals surface area contributed by atoms with Crippen LogP contribution in [0, 0.1) is 13.8 Å². The molecule has 25 heavy (non-hydrogen) atoms. The van der Waals surface area contributed by atoms with Gasteiger partial charge in [-0.3, -0.25) is 9.67 Å². The molecule has 3 aromatic rings. The van der Waals surface area contributed by atoms with Gasteiger partial charge in [-0.05, 0) is 45.2 Å². The molecule has 128 valence electrons. The molecule has 1 aliphatic carbocycles. The Balaban J connectivity index is 1.68. The van der Waals surface area contributed by atoms with E-state index in [9.17, 15) is 0 Å². The number of aryl methyl sites for hydroxylation is 3. The van der Waals surface area contributed by atoms with E-state index in [-0.39, 0.29) is 0 Å². The van der Waals surface area contributed by atoms with Crippen LogP contribution in [0.4, 0.5) is 5.82 Å². The summed E-state index contributed by atoms with van der Waals surface area (Å²) in [5.41, 5.74) is 6.92. The molecule has 0 saturated heterocycles. The first kappa shape index (κ1) is 15.7. The van der Waals surface area contributed by atoms with Crippen molar-refractivity contribution in [3.05, 3.63) is 52.7 Å². The Morgan fingerprint density at radius 1 is 1.12 bits per heavy atom. The quantitative estimate of drug-likeness (QED) is 0.794. The van der Waals surface area contributed by atoms with E-state index in [1.54, 1.807) is 12.4 Å². The lowest BCUT2D eigenvalue weighted by Gasteiger charge is -2.12. The third kappa shape index (κ3) is 2.88. The maximum absolute atomic E-state index is 4.82. The fourth-order valence-corrected chi connectivity index (χ4v) is 3.45. The number of pyridine rings is 1. The summed E-state index contributed by atoms with van der Waals surface area (Å²) < 4.78 is 1.93. The van der Waals surface area contributed by atoms with Gasteiger partial charge < -0.3 is 5.32 Å². The topological polar surface area (TPSA) is 68.5 Å². The first-order chi connectivity index (χ1) is 12.1. The highest BCUT2D eigenvalue weighted by Gasteiger charge is 2.20. The molecule has 3 heterocycles. The Labute approximate surface area is 147 Å². The average molecular weight is 334 g/mol. The lowest BCUT2D eigenvalue weighted by atomic mass is 10.1. The molecule has 0 spiro atoms. The molecular weight excluding hydrogens is 312 g/mol. The number of nitrogens with one attached hydrogen (secondary N) is 1. The summed E-state index contributed by atoms with van der Waals surface area (Å²) in [7, 11) is 1.98. The van der Waals surface area contributed by atoms with Gasteiger partial charge in [-0.15, -0.1) is 0 Å². The molecule has 6 heteroatoms. The molecule has 0 saturated carbocycles. The lowest BCUT2D eigenvalue weighted by Crippen LogP contribution is -2.08. The van der Waals surface area contributed by atoms with Gasteiger partial charge in [-0.1, -0.05) is 0 Å². The second-order valence-corrected chi connectivity index (χ2v) is 6.54. The molecule has 0 fully saturated rings. The lowest BCUT2D eigenvalue weighted by molar-refractivity contribution is 0.730. The molecule has 0 atom stereocenters. The summed E-state index contributed by atoms with van der Waals surface area (Å²) in [4.78, 5) is 13.7. The maximum Gasteiger partial charge on any atom is 0.161 e. The highest BCUT2D eigenvalue weighted by atomic mass is 15.3. The third-order valence-corrected chi connectivity index (χ3v) is 4.96. The number of anilines is 1. The van der Waals surface area contributed by atoms with Gasteiger partial charge in [0.1, 0.15) is 5.82 Å². The number of aromatic nitrogens is 5. The van der Waals surface area contributed by atoms with Crippen LogP contribution >= 0.6 is 0 Å². The second-order valence-electron chi connectivity index (χ2n) is 6.54. The van der Waals surface area contributed by atoms with Gasteiger partial charge in [0.15, 0.2) is 5.82 Å². The summed E-state index contributed by atoms with van der Waals surface area (Å²) in [6.45, 7) is 4.88. The Morgan fingerprint density at radius 2 is 1.92 bits per heavy atom. The van der Waals surface area contributed by atoms with E-state index < -0.39 is 0 Å². The van der Waals surface area contributed by atoms with Crippen molar-refractivity contribution in [3.63, 3.8) is 0 Å². The van der Waals surface area contributed by atoms with E-state index in [1.165, 1.54) is 22.5 Å². The van der Waals surface area contributed by atoms with E-state index in [0.717, 1.165) is 48.7 Å². The summed E-state index contributed by atoms with van der Waals surface area (Å²) in [5.74, 6) is 1.72. The molecule has 0 unspecified atom stereocenters. The normalized spacial score (nSPS) is 13.1. The summed E-state index contributed by atoms with van der Waals surface area (Å²) in [5, 5.41) is 8.04.